The van der Waals surface area contributed by atoms with Gasteiger partial charge in [-0.3, -0.25) is 9.59 Å². The van der Waals surface area contributed by atoms with Crippen LogP contribution >= 0.6 is 23.5 Å². The van der Waals surface area contributed by atoms with E-state index in [0.29, 0.717) is 17.1 Å². The van der Waals surface area contributed by atoms with Crippen molar-refractivity contribution in [2.75, 3.05) is 18.6 Å². The van der Waals surface area contributed by atoms with Gasteiger partial charge in [0.25, 0.3) is 0 Å². The van der Waals surface area contributed by atoms with Crippen LogP contribution in [0.5, 0.6) is 5.75 Å². The predicted octanol–water partition coefficient (Wildman–Crippen LogP) is 1.90. The van der Waals surface area contributed by atoms with E-state index >= 15 is 0 Å². The molecular formula is C14H13N3O5S2. The summed E-state index contributed by atoms with van der Waals surface area (Å²) in [7, 11) is 1.55. The Hall–Kier alpha value is -2.33. The van der Waals surface area contributed by atoms with Crippen molar-refractivity contribution in [2.45, 2.75) is 10.3 Å². The fourth-order valence-electron chi connectivity index (χ4n) is 1.59. The van der Waals surface area contributed by atoms with Crippen molar-refractivity contribution in [2.24, 2.45) is 0 Å². The lowest BCUT2D eigenvalue weighted by Crippen LogP contribution is -2.04. The molecule has 0 unspecified atom stereocenters. The Kier molecular flexibility index (Phi) is 6.38. The Morgan fingerprint density at radius 3 is 1.88 bits per heavy atom. The van der Waals surface area contributed by atoms with E-state index in [1.54, 1.807) is 31.4 Å². The topological polar surface area (TPSA) is 122 Å². The SMILES string of the molecule is COc1ccc(-c2nc(SCC(=O)O)nc(SCC(=O)O)n2)cc1. The van der Waals surface area contributed by atoms with Crippen LogP contribution in [0.2, 0.25) is 0 Å². The number of benzene rings is 1. The van der Waals surface area contributed by atoms with Gasteiger partial charge in [0.2, 0.25) is 0 Å². The molecule has 2 aromatic rings. The minimum Gasteiger partial charge on any atom is -0.497 e. The molecule has 0 fully saturated rings. The summed E-state index contributed by atoms with van der Waals surface area (Å²) in [5.74, 6) is -1.37. The maximum absolute atomic E-state index is 10.7. The Bertz CT molecular complexity index is 703. The summed E-state index contributed by atoms with van der Waals surface area (Å²) in [6.07, 6.45) is 0. The van der Waals surface area contributed by atoms with Gasteiger partial charge < -0.3 is 14.9 Å². The molecule has 0 bridgehead atoms. The Balaban J connectivity index is 2.32. The highest BCUT2D eigenvalue weighted by Gasteiger charge is 2.12. The maximum Gasteiger partial charge on any atom is 0.313 e. The number of thioether (sulfide) groups is 2. The van der Waals surface area contributed by atoms with Gasteiger partial charge in [-0.15, -0.1) is 0 Å². The molecule has 0 radical (unpaired) electrons. The van der Waals surface area contributed by atoms with E-state index in [0.717, 1.165) is 23.5 Å². The number of aromatic nitrogens is 3. The Labute approximate surface area is 145 Å². The van der Waals surface area contributed by atoms with Crippen LogP contribution in [0.25, 0.3) is 11.4 Å². The highest BCUT2D eigenvalue weighted by Crippen LogP contribution is 2.24. The molecule has 0 aliphatic carbocycles. The Morgan fingerprint density at radius 2 is 1.46 bits per heavy atom. The lowest BCUT2D eigenvalue weighted by Gasteiger charge is -2.06. The summed E-state index contributed by atoms with van der Waals surface area (Å²) in [5, 5.41) is 18.0. The molecule has 24 heavy (non-hydrogen) atoms. The lowest BCUT2D eigenvalue weighted by atomic mass is 10.2. The number of nitrogens with zero attached hydrogens (tertiary/aromatic N) is 3. The standard InChI is InChI=1S/C14H13N3O5S2/c1-22-9-4-2-8(3-5-9)12-15-13(23-6-10(18)19)17-14(16-12)24-7-11(20)21/h2-5H,6-7H2,1H3,(H,18,19)(H,20,21). The molecule has 8 nitrogen and oxygen atoms in total. The van der Waals surface area contributed by atoms with E-state index in [2.05, 4.69) is 15.0 Å². The first-order valence-electron chi connectivity index (χ1n) is 6.57. The van der Waals surface area contributed by atoms with Gasteiger partial charge in [0.15, 0.2) is 16.1 Å². The van der Waals surface area contributed by atoms with Crippen LogP contribution < -0.4 is 4.74 Å². The summed E-state index contributed by atoms with van der Waals surface area (Å²) < 4.78 is 5.09. The third-order valence-corrected chi connectivity index (χ3v) is 4.26. The molecule has 0 aliphatic rings. The Morgan fingerprint density at radius 1 is 0.958 bits per heavy atom. The van der Waals surface area contributed by atoms with Crippen LogP contribution in [0.4, 0.5) is 0 Å². The van der Waals surface area contributed by atoms with Gasteiger partial charge in [-0.25, -0.2) is 9.97 Å². The lowest BCUT2D eigenvalue weighted by molar-refractivity contribution is -0.134. The highest BCUT2D eigenvalue weighted by molar-refractivity contribution is 8.00. The number of carboxylic acids is 2. The number of hydrogen-bond donors (Lipinski definition) is 2. The van der Waals surface area contributed by atoms with Crippen LogP contribution in [-0.2, 0) is 9.59 Å². The zero-order chi connectivity index (χ0) is 17.5. The summed E-state index contributed by atoms with van der Waals surface area (Å²) in [6.45, 7) is 0. The van der Waals surface area contributed by atoms with Gasteiger partial charge >= 0.3 is 11.9 Å². The molecule has 2 rings (SSSR count). The monoisotopic (exact) mass is 367 g/mol. The van der Waals surface area contributed by atoms with Crippen LogP contribution in [0.3, 0.4) is 0 Å². The second kappa shape index (κ2) is 8.50. The van der Waals surface area contributed by atoms with Gasteiger partial charge in [0.1, 0.15) is 5.75 Å². The van der Waals surface area contributed by atoms with Gasteiger partial charge in [0, 0.05) is 5.56 Å². The van der Waals surface area contributed by atoms with Crippen molar-refractivity contribution in [3.05, 3.63) is 24.3 Å². The number of methoxy groups -OCH3 is 1. The molecular weight excluding hydrogens is 354 g/mol. The minimum absolute atomic E-state index is 0.199. The molecule has 0 atom stereocenters. The number of aliphatic carboxylic acids is 2. The van der Waals surface area contributed by atoms with Crippen LogP contribution in [0, 0.1) is 0 Å². The molecule has 0 saturated heterocycles. The molecule has 1 aromatic heterocycles. The van der Waals surface area contributed by atoms with Crippen molar-refractivity contribution in [1.29, 1.82) is 0 Å². The second-order valence-corrected chi connectivity index (χ2v) is 6.20. The molecule has 0 amide bonds. The van der Waals surface area contributed by atoms with Crippen molar-refractivity contribution in [3.63, 3.8) is 0 Å². The fraction of sp³-hybridized carbons (Fsp3) is 0.214. The predicted molar refractivity (Wildman–Crippen MR) is 88.5 cm³/mol. The molecule has 0 saturated carbocycles. The summed E-state index contributed by atoms with van der Waals surface area (Å²) in [6, 6.07) is 7.00. The quantitative estimate of drug-likeness (QED) is 0.669. The van der Waals surface area contributed by atoms with E-state index in [4.69, 9.17) is 14.9 Å². The second-order valence-electron chi connectivity index (χ2n) is 4.32. The molecule has 1 aromatic carbocycles. The highest BCUT2D eigenvalue weighted by atomic mass is 32.2. The zero-order valence-electron chi connectivity index (χ0n) is 12.5. The fourth-order valence-corrected chi connectivity index (χ4v) is 2.76. The van der Waals surface area contributed by atoms with Gasteiger partial charge in [-0.1, -0.05) is 23.5 Å². The smallest absolute Gasteiger partial charge is 0.313 e. The largest absolute Gasteiger partial charge is 0.497 e. The van der Waals surface area contributed by atoms with Crippen LogP contribution in [-0.4, -0.2) is 55.7 Å². The van der Waals surface area contributed by atoms with Crippen molar-refractivity contribution in [1.82, 2.24) is 15.0 Å². The average Bonchev–Trinajstić information content (AvgIpc) is 2.58. The normalized spacial score (nSPS) is 10.4. The van der Waals surface area contributed by atoms with Gasteiger partial charge in [-0.2, -0.15) is 4.98 Å². The van der Waals surface area contributed by atoms with E-state index in [1.165, 1.54) is 0 Å². The first-order valence-corrected chi connectivity index (χ1v) is 8.54. The minimum atomic E-state index is -0.994. The average molecular weight is 367 g/mol. The van der Waals surface area contributed by atoms with Gasteiger partial charge in [0.05, 0.1) is 18.6 Å². The van der Waals surface area contributed by atoms with E-state index < -0.39 is 11.9 Å². The third kappa shape index (κ3) is 5.39. The first kappa shape index (κ1) is 18.0. The molecule has 1 heterocycles. The van der Waals surface area contributed by atoms with Crippen molar-refractivity contribution < 1.29 is 24.5 Å². The number of ether oxygens (including phenoxy) is 1. The molecule has 0 aliphatic heterocycles. The van der Waals surface area contributed by atoms with Crippen molar-refractivity contribution in [3.8, 4) is 17.1 Å². The number of carboxylic acid groups (broad SMARTS) is 2. The molecule has 2 N–H and O–H groups in total. The third-order valence-electron chi connectivity index (χ3n) is 2.59. The molecule has 126 valence electrons. The number of hydrogen-bond acceptors (Lipinski definition) is 8. The van der Waals surface area contributed by atoms with Crippen LogP contribution in [0.1, 0.15) is 0 Å². The molecule has 10 heteroatoms. The van der Waals surface area contributed by atoms with E-state index in [-0.39, 0.29) is 21.8 Å². The van der Waals surface area contributed by atoms with Crippen molar-refractivity contribution >= 4 is 35.5 Å². The summed E-state index contributed by atoms with van der Waals surface area (Å²) in [5.41, 5.74) is 0.688. The zero-order valence-corrected chi connectivity index (χ0v) is 14.1. The van der Waals surface area contributed by atoms with Crippen LogP contribution in [0.15, 0.2) is 34.6 Å². The maximum atomic E-state index is 10.7. The van der Waals surface area contributed by atoms with E-state index in [9.17, 15) is 9.59 Å². The van der Waals surface area contributed by atoms with Gasteiger partial charge in [-0.05, 0) is 24.3 Å². The number of carbonyl (C=O) groups is 2. The number of rotatable bonds is 8. The summed E-state index contributed by atoms with van der Waals surface area (Å²) in [4.78, 5) is 34.0. The first-order chi connectivity index (χ1) is 11.5. The summed E-state index contributed by atoms with van der Waals surface area (Å²) >= 11 is 1.89. The molecule has 0 spiro atoms. The van der Waals surface area contributed by atoms with E-state index in [1.807, 2.05) is 0 Å².